The van der Waals surface area contributed by atoms with Gasteiger partial charge in [0.25, 0.3) is 0 Å². The van der Waals surface area contributed by atoms with Crippen molar-refractivity contribution in [2.24, 2.45) is 0 Å². The molecule has 1 radical (unpaired) electrons. The SMILES string of the molecule is CCOC(=O)C1=[CH][In][CH2]C1. The number of carbonyl (C=O) groups excluding carboxylic acids is 1. The Labute approximate surface area is 72.0 Å². The molecule has 0 aromatic carbocycles. The zero-order chi connectivity index (χ0) is 7.40. The second-order valence-electron chi connectivity index (χ2n) is 2.19. The predicted molar refractivity (Wildman–Crippen MR) is 39.9 cm³/mol. The van der Waals surface area contributed by atoms with Crippen molar-refractivity contribution in [3.05, 3.63) is 9.41 Å². The molecule has 0 aromatic heterocycles. The average Bonchev–Trinajstić information content (AvgIpc) is 2.38. The molecule has 2 nitrogen and oxygen atoms in total. The quantitative estimate of drug-likeness (QED) is 0.673. The van der Waals surface area contributed by atoms with Gasteiger partial charge in [0.2, 0.25) is 0 Å². The topological polar surface area (TPSA) is 26.3 Å². The molecule has 0 aliphatic carbocycles. The second-order valence-corrected chi connectivity index (χ2v) is 6.13. The Balaban J connectivity index is 2.40. The Morgan fingerprint density at radius 2 is 2.70 bits per heavy atom. The second kappa shape index (κ2) is 4.06. The molecule has 10 heavy (non-hydrogen) atoms. The van der Waals surface area contributed by atoms with Gasteiger partial charge in [-0.1, -0.05) is 0 Å². The average molecular weight is 241 g/mol. The van der Waals surface area contributed by atoms with E-state index in [-0.39, 0.29) is 5.97 Å². The van der Waals surface area contributed by atoms with Crippen molar-refractivity contribution in [3.8, 4) is 0 Å². The number of rotatable bonds is 2. The zero-order valence-corrected chi connectivity index (χ0v) is 9.39. The van der Waals surface area contributed by atoms with E-state index in [1.165, 1.54) is 4.18 Å². The van der Waals surface area contributed by atoms with E-state index in [9.17, 15) is 4.79 Å². The van der Waals surface area contributed by atoms with Crippen LogP contribution in [-0.2, 0) is 9.53 Å². The Kier molecular flexibility index (Phi) is 3.32. The fourth-order valence-electron chi connectivity index (χ4n) is 0.942. The van der Waals surface area contributed by atoms with E-state index < -0.39 is 22.9 Å². The summed E-state index contributed by atoms with van der Waals surface area (Å²) >= 11 is -0.418. The van der Waals surface area contributed by atoms with Crippen LogP contribution in [0.2, 0.25) is 4.18 Å². The van der Waals surface area contributed by atoms with E-state index in [1.807, 2.05) is 6.92 Å². The zero-order valence-electron chi connectivity index (χ0n) is 6.09. The molecule has 53 valence electrons. The van der Waals surface area contributed by atoms with Crippen LogP contribution >= 0.6 is 0 Å². The first kappa shape index (κ1) is 8.18. The van der Waals surface area contributed by atoms with Gasteiger partial charge in [-0.2, -0.15) is 0 Å². The molecule has 0 amide bonds. The first-order valence-corrected chi connectivity index (χ1v) is 7.77. The first-order chi connectivity index (χ1) is 4.84. The molecule has 1 rings (SSSR count). The summed E-state index contributed by atoms with van der Waals surface area (Å²) in [5.74, 6) is -0.0775. The van der Waals surface area contributed by atoms with E-state index in [2.05, 4.69) is 3.83 Å². The van der Waals surface area contributed by atoms with E-state index in [4.69, 9.17) is 4.74 Å². The van der Waals surface area contributed by atoms with Crippen molar-refractivity contribution in [1.29, 1.82) is 0 Å². The van der Waals surface area contributed by atoms with Crippen LogP contribution in [0.25, 0.3) is 0 Å². The summed E-state index contributed by atoms with van der Waals surface area (Å²) in [6.07, 6.45) is 0.986. The van der Waals surface area contributed by atoms with Gasteiger partial charge in [0.1, 0.15) is 0 Å². The molecule has 0 spiro atoms. The Bertz CT molecular complexity index is 163. The van der Waals surface area contributed by atoms with Crippen LogP contribution in [0, 0.1) is 0 Å². The van der Waals surface area contributed by atoms with Gasteiger partial charge in [0.05, 0.1) is 0 Å². The van der Waals surface area contributed by atoms with E-state index in [0.717, 1.165) is 12.0 Å². The summed E-state index contributed by atoms with van der Waals surface area (Å²) in [5.41, 5.74) is 0.947. The standard InChI is InChI=1S/C7H10O2.In/c1-4-6(3)7(8)9-5-2;/h3H,1,4-5H2,2H3;. The fourth-order valence-corrected chi connectivity index (χ4v) is 4.46. The summed E-state index contributed by atoms with van der Waals surface area (Å²) in [7, 11) is 0. The molecule has 1 heterocycles. The number of hydrogen-bond acceptors (Lipinski definition) is 2. The van der Waals surface area contributed by atoms with E-state index in [0.29, 0.717) is 6.61 Å². The molecule has 0 saturated heterocycles. The number of hydrogen-bond donors (Lipinski definition) is 0. The van der Waals surface area contributed by atoms with Crippen LogP contribution in [0.5, 0.6) is 0 Å². The van der Waals surface area contributed by atoms with Gasteiger partial charge in [0.15, 0.2) is 0 Å². The minimum atomic E-state index is -0.418. The van der Waals surface area contributed by atoms with Crippen LogP contribution in [0.1, 0.15) is 13.3 Å². The van der Waals surface area contributed by atoms with Crippen LogP contribution in [0.15, 0.2) is 9.41 Å². The summed E-state index contributed by atoms with van der Waals surface area (Å²) < 4.78 is 8.30. The summed E-state index contributed by atoms with van der Waals surface area (Å²) in [6, 6.07) is 0. The molecule has 0 saturated carbocycles. The van der Waals surface area contributed by atoms with Crippen LogP contribution in [-0.4, -0.2) is 35.5 Å². The number of esters is 1. The normalized spacial score (nSPS) is 15.9. The van der Waals surface area contributed by atoms with Gasteiger partial charge in [-0.15, -0.1) is 0 Å². The molecule has 0 unspecified atom stereocenters. The minimum absolute atomic E-state index is 0.0775. The number of carbonyl (C=O) groups is 1. The molecule has 1 aliphatic rings. The third kappa shape index (κ3) is 2.04. The van der Waals surface area contributed by atoms with Crippen molar-refractivity contribution in [2.45, 2.75) is 17.5 Å². The molecule has 0 atom stereocenters. The van der Waals surface area contributed by atoms with Crippen molar-refractivity contribution >= 4 is 28.9 Å². The monoisotopic (exact) mass is 241 g/mol. The molecule has 3 heteroatoms. The molecule has 0 bridgehead atoms. The maximum atomic E-state index is 11.0. The van der Waals surface area contributed by atoms with Gasteiger partial charge in [0, 0.05) is 0 Å². The molecule has 0 N–H and O–H groups in total. The summed E-state index contributed by atoms with van der Waals surface area (Å²) in [4.78, 5) is 11.0. The Hall–Kier alpha value is 0.0801. The predicted octanol–water partition coefficient (Wildman–Crippen LogP) is 0.960. The van der Waals surface area contributed by atoms with Gasteiger partial charge in [-0.3, -0.25) is 0 Å². The van der Waals surface area contributed by atoms with Gasteiger partial charge < -0.3 is 0 Å². The van der Waals surface area contributed by atoms with Gasteiger partial charge in [-0.05, 0) is 0 Å². The molecule has 0 aromatic rings. The van der Waals surface area contributed by atoms with Crippen LogP contribution < -0.4 is 0 Å². The van der Waals surface area contributed by atoms with Crippen LogP contribution in [0.3, 0.4) is 0 Å². The van der Waals surface area contributed by atoms with Crippen LogP contribution in [0.4, 0.5) is 0 Å². The van der Waals surface area contributed by atoms with Crippen molar-refractivity contribution in [2.75, 3.05) is 6.61 Å². The van der Waals surface area contributed by atoms with E-state index >= 15 is 0 Å². The van der Waals surface area contributed by atoms with E-state index in [1.54, 1.807) is 0 Å². The fraction of sp³-hybridized carbons (Fsp3) is 0.571. The summed E-state index contributed by atoms with van der Waals surface area (Å²) in [6.45, 7) is 2.35. The van der Waals surface area contributed by atoms with Gasteiger partial charge in [-0.25, -0.2) is 0 Å². The number of ether oxygens (including phenoxy) is 1. The molecular formula is C7H10InO2. The van der Waals surface area contributed by atoms with Crippen molar-refractivity contribution < 1.29 is 9.53 Å². The van der Waals surface area contributed by atoms with Crippen molar-refractivity contribution in [1.82, 2.24) is 0 Å². The van der Waals surface area contributed by atoms with Crippen molar-refractivity contribution in [3.63, 3.8) is 0 Å². The Morgan fingerprint density at radius 3 is 3.20 bits per heavy atom. The third-order valence-corrected chi connectivity index (χ3v) is 5.03. The third-order valence-electron chi connectivity index (χ3n) is 1.44. The maximum absolute atomic E-state index is 11.0. The summed E-state index contributed by atoms with van der Waals surface area (Å²) in [5, 5.41) is 0. The Morgan fingerprint density at radius 1 is 1.90 bits per heavy atom. The molecule has 0 fully saturated rings. The molecule has 1 aliphatic heterocycles. The molecular weight excluding hydrogens is 231 g/mol. The van der Waals surface area contributed by atoms with Gasteiger partial charge >= 0.3 is 71.9 Å². The first-order valence-electron chi connectivity index (χ1n) is 3.54.